The van der Waals surface area contributed by atoms with Crippen molar-refractivity contribution in [3.8, 4) is 0 Å². The van der Waals surface area contributed by atoms with Gasteiger partial charge in [0.1, 0.15) is 12.4 Å². The maximum absolute atomic E-state index is 5.88. The van der Waals surface area contributed by atoms with Gasteiger partial charge in [-0.1, -0.05) is 6.07 Å². The molecule has 0 aliphatic rings. The molecule has 0 saturated carbocycles. The highest BCUT2D eigenvalue weighted by molar-refractivity contribution is 5.79. The number of rotatable bonds is 2. The lowest BCUT2D eigenvalue weighted by atomic mass is 10.1. The van der Waals surface area contributed by atoms with E-state index in [9.17, 15) is 0 Å². The lowest BCUT2D eigenvalue weighted by Crippen LogP contribution is -2.45. The summed E-state index contributed by atoms with van der Waals surface area (Å²) in [6, 6.07) is 6.26. The first-order valence-electron chi connectivity index (χ1n) is 6.76. The molecule has 2 rings (SSSR count). The van der Waals surface area contributed by atoms with E-state index < -0.39 is 0 Å². The van der Waals surface area contributed by atoms with Gasteiger partial charge in [0.05, 0.1) is 11.0 Å². The largest absolute Gasteiger partial charge is 0.370 e. The molecule has 0 radical (unpaired) electrons. The second-order valence-corrected chi connectivity index (χ2v) is 6.16. The number of nitrogens with two attached hydrogens (primary N) is 1. The van der Waals surface area contributed by atoms with Gasteiger partial charge in [-0.05, 0) is 45.4 Å². The zero-order chi connectivity index (χ0) is 14.9. The van der Waals surface area contributed by atoms with Gasteiger partial charge in [-0.25, -0.2) is 9.98 Å². The van der Waals surface area contributed by atoms with Gasteiger partial charge in [0.15, 0.2) is 5.96 Å². The Hall–Kier alpha value is -2.04. The molecule has 0 bridgehead atoms. The fourth-order valence-electron chi connectivity index (χ4n) is 2.08. The minimum atomic E-state index is -0.0863. The molecule has 0 amide bonds. The summed E-state index contributed by atoms with van der Waals surface area (Å²) in [6.07, 6.45) is 0. The normalized spacial score (nSPS) is 12.9. The lowest BCUT2D eigenvalue weighted by molar-refractivity contribution is 0.508. The van der Waals surface area contributed by atoms with Gasteiger partial charge in [0.2, 0.25) is 0 Å². The first-order chi connectivity index (χ1) is 9.26. The molecule has 1 aromatic heterocycles. The van der Waals surface area contributed by atoms with E-state index in [0.717, 1.165) is 16.9 Å². The van der Waals surface area contributed by atoms with E-state index in [0.29, 0.717) is 12.5 Å². The third-order valence-corrected chi connectivity index (χ3v) is 3.02. The molecule has 0 unspecified atom stereocenters. The van der Waals surface area contributed by atoms with Crippen LogP contribution in [0, 0.1) is 6.92 Å². The van der Waals surface area contributed by atoms with Crippen LogP contribution in [-0.4, -0.2) is 21.0 Å². The van der Waals surface area contributed by atoms with Gasteiger partial charge in [-0.3, -0.25) is 0 Å². The van der Waals surface area contributed by atoms with Crippen LogP contribution in [0.4, 0.5) is 0 Å². The van der Waals surface area contributed by atoms with Crippen molar-refractivity contribution in [2.75, 3.05) is 0 Å². The molecule has 5 nitrogen and oxygen atoms in total. The number of imidazole rings is 1. The molecule has 3 N–H and O–H groups in total. The number of aryl methyl sites for hydroxylation is 2. The van der Waals surface area contributed by atoms with Gasteiger partial charge < -0.3 is 15.6 Å². The third-order valence-electron chi connectivity index (χ3n) is 3.02. The highest BCUT2D eigenvalue weighted by atomic mass is 15.1. The van der Waals surface area contributed by atoms with E-state index >= 15 is 0 Å². The number of nitrogens with zero attached hydrogens (tertiary/aromatic N) is 3. The molecule has 2 aromatic rings. The molecule has 0 spiro atoms. The summed E-state index contributed by atoms with van der Waals surface area (Å²) in [5, 5.41) is 3.14. The van der Waals surface area contributed by atoms with E-state index in [2.05, 4.69) is 45.0 Å². The zero-order valence-corrected chi connectivity index (χ0v) is 12.9. The summed E-state index contributed by atoms with van der Waals surface area (Å²) >= 11 is 0. The van der Waals surface area contributed by atoms with Crippen LogP contribution in [0.2, 0.25) is 0 Å². The Kier molecular flexibility index (Phi) is 3.70. The minimum Gasteiger partial charge on any atom is -0.370 e. The highest BCUT2D eigenvalue weighted by Gasteiger charge is 2.11. The van der Waals surface area contributed by atoms with E-state index in [4.69, 9.17) is 5.73 Å². The summed E-state index contributed by atoms with van der Waals surface area (Å²) in [5.41, 5.74) is 9.11. The maximum Gasteiger partial charge on any atom is 0.189 e. The Bertz CT molecular complexity index is 646. The summed E-state index contributed by atoms with van der Waals surface area (Å²) in [5.74, 6) is 1.35. The molecule has 0 fully saturated rings. The Morgan fingerprint density at radius 3 is 2.75 bits per heavy atom. The van der Waals surface area contributed by atoms with Crippen molar-refractivity contribution < 1.29 is 0 Å². The van der Waals surface area contributed by atoms with Gasteiger partial charge in [0.25, 0.3) is 0 Å². The number of benzene rings is 1. The predicted octanol–water partition coefficient (Wildman–Crippen LogP) is 2.08. The number of guanidine groups is 1. The fraction of sp³-hybridized carbons (Fsp3) is 0.467. The Balaban J connectivity index is 2.22. The molecule has 5 heteroatoms. The zero-order valence-electron chi connectivity index (χ0n) is 12.9. The van der Waals surface area contributed by atoms with Crippen molar-refractivity contribution in [3.63, 3.8) is 0 Å². The van der Waals surface area contributed by atoms with Crippen LogP contribution in [-0.2, 0) is 13.6 Å². The monoisotopic (exact) mass is 273 g/mol. The number of hydrogen-bond donors (Lipinski definition) is 2. The molecular weight excluding hydrogens is 250 g/mol. The molecule has 20 heavy (non-hydrogen) atoms. The van der Waals surface area contributed by atoms with Crippen LogP contribution < -0.4 is 11.1 Å². The topological polar surface area (TPSA) is 68.2 Å². The average molecular weight is 273 g/mol. The Morgan fingerprint density at radius 2 is 2.10 bits per heavy atom. The molecular formula is C15H23N5. The second kappa shape index (κ2) is 5.15. The molecule has 1 heterocycles. The number of aliphatic imine (C=N–C) groups is 1. The molecule has 0 saturated heterocycles. The fourth-order valence-corrected chi connectivity index (χ4v) is 2.08. The Labute approximate surface area is 119 Å². The van der Waals surface area contributed by atoms with Crippen molar-refractivity contribution in [1.29, 1.82) is 0 Å². The third kappa shape index (κ3) is 3.29. The molecule has 1 aromatic carbocycles. The van der Waals surface area contributed by atoms with Crippen LogP contribution in [0.1, 0.15) is 32.2 Å². The smallest absolute Gasteiger partial charge is 0.189 e. The Morgan fingerprint density at radius 1 is 1.40 bits per heavy atom. The van der Waals surface area contributed by atoms with Crippen molar-refractivity contribution >= 4 is 17.0 Å². The van der Waals surface area contributed by atoms with E-state index in [1.807, 2.05) is 27.8 Å². The second-order valence-electron chi connectivity index (χ2n) is 6.16. The predicted molar refractivity (Wildman–Crippen MR) is 83.7 cm³/mol. The van der Waals surface area contributed by atoms with Crippen LogP contribution in [0.3, 0.4) is 0 Å². The van der Waals surface area contributed by atoms with Crippen molar-refractivity contribution in [2.45, 2.75) is 39.8 Å². The minimum absolute atomic E-state index is 0.0863. The van der Waals surface area contributed by atoms with Crippen LogP contribution in [0.25, 0.3) is 11.0 Å². The lowest BCUT2D eigenvalue weighted by Gasteiger charge is -2.20. The van der Waals surface area contributed by atoms with Gasteiger partial charge in [-0.2, -0.15) is 0 Å². The molecule has 0 aliphatic heterocycles. The van der Waals surface area contributed by atoms with E-state index in [1.165, 1.54) is 5.56 Å². The molecule has 108 valence electrons. The number of hydrogen-bond acceptors (Lipinski definition) is 2. The number of nitrogens with one attached hydrogen (secondary N) is 1. The number of aromatic nitrogens is 2. The standard InChI is InChI=1S/C15H23N5/c1-10-6-7-12-11(8-10)18-13(20(12)5)9-17-14(16)19-15(2,3)4/h6-8H,9H2,1-5H3,(H3,16,17,19). The van der Waals surface area contributed by atoms with Gasteiger partial charge in [-0.15, -0.1) is 0 Å². The van der Waals surface area contributed by atoms with Crippen molar-refractivity contribution in [3.05, 3.63) is 29.6 Å². The molecule has 0 aliphatic carbocycles. The van der Waals surface area contributed by atoms with Crippen molar-refractivity contribution in [2.24, 2.45) is 17.8 Å². The quantitative estimate of drug-likeness (QED) is 0.650. The van der Waals surface area contributed by atoms with Gasteiger partial charge in [0, 0.05) is 12.6 Å². The van der Waals surface area contributed by atoms with Crippen LogP contribution in [0.15, 0.2) is 23.2 Å². The summed E-state index contributed by atoms with van der Waals surface area (Å²) in [7, 11) is 2.00. The van der Waals surface area contributed by atoms with Crippen molar-refractivity contribution in [1.82, 2.24) is 14.9 Å². The maximum atomic E-state index is 5.88. The summed E-state index contributed by atoms with van der Waals surface area (Å²) in [4.78, 5) is 8.97. The van der Waals surface area contributed by atoms with Crippen LogP contribution >= 0.6 is 0 Å². The molecule has 0 atom stereocenters. The van der Waals surface area contributed by atoms with Gasteiger partial charge >= 0.3 is 0 Å². The number of fused-ring (bicyclic) bond motifs is 1. The van der Waals surface area contributed by atoms with E-state index in [1.54, 1.807) is 0 Å². The first-order valence-corrected chi connectivity index (χ1v) is 6.76. The van der Waals surface area contributed by atoms with Crippen LogP contribution in [0.5, 0.6) is 0 Å². The summed E-state index contributed by atoms with van der Waals surface area (Å²) in [6.45, 7) is 8.68. The van der Waals surface area contributed by atoms with E-state index in [-0.39, 0.29) is 5.54 Å². The SMILES string of the molecule is Cc1ccc2c(c1)nc(CN=C(N)NC(C)(C)C)n2C. The first kappa shape index (κ1) is 14.4. The average Bonchev–Trinajstić information content (AvgIpc) is 2.61. The summed E-state index contributed by atoms with van der Waals surface area (Å²) < 4.78 is 2.06. The highest BCUT2D eigenvalue weighted by Crippen LogP contribution is 2.16.